The largest absolute Gasteiger partial charge is 0.455 e. The Labute approximate surface area is 157 Å². The third kappa shape index (κ3) is 2.23. The lowest BCUT2D eigenvalue weighted by Gasteiger charge is -2.08. The smallest absolute Gasteiger partial charge is 0.260 e. The molecule has 4 aromatic rings. The van der Waals surface area contributed by atoms with Gasteiger partial charge in [-0.2, -0.15) is 0 Å². The van der Waals surface area contributed by atoms with Gasteiger partial charge in [-0.3, -0.25) is 4.79 Å². The zero-order valence-corrected chi connectivity index (χ0v) is 14.6. The molecule has 0 spiro atoms. The van der Waals surface area contributed by atoms with Gasteiger partial charge >= 0.3 is 0 Å². The van der Waals surface area contributed by atoms with Gasteiger partial charge in [-0.05, 0) is 18.2 Å². The Morgan fingerprint density at radius 2 is 1.85 bits per heavy atom. The van der Waals surface area contributed by atoms with Gasteiger partial charge in [0.1, 0.15) is 11.2 Å². The number of amides is 1. The molecule has 1 aromatic carbocycles. The number of aromatic nitrogens is 2. The number of halogens is 2. The van der Waals surface area contributed by atoms with Crippen LogP contribution in [0.25, 0.3) is 22.3 Å². The molecular formula is C18H10Cl2N4O2. The predicted molar refractivity (Wildman–Crippen MR) is 100 cm³/mol. The molecule has 5 rings (SSSR count). The van der Waals surface area contributed by atoms with Crippen LogP contribution in [0, 0.1) is 0 Å². The van der Waals surface area contributed by atoms with Gasteiger partial charge in [-0.25, -0.2) is 9.97 Å². The zero-order chi connectivity index (χ0) is 18.0. The first-order valence-electron chi connectivity index (χ1n) is 7.77. The van der Waals surface area contributed by atoms with Crippen molar-refractivity contribution in [3.63, 3.8) is 0 Å². The number of fused-ring (bicyclic) bond motifs is 5. The van der Waals surface area contributed by atoms with Gasteiger partial charge in [-0.15, -0.1) is 0 Å². The molecule has 6 nitrogen and oxygen atoms in total. The van der Waals surface area contributed by atoms with Crippen LogP contribution in [0.5, 0.6) is 0 Å². The Balaban J connectivity index is 1.59. The Bertz CT molecular complexity index is 1180. The molecule has 0 atom stereocenters. The fourth-order valence-electron chi connectivity index (χ4n) is 3.15. The fraction of sp³-hybridized carbons (Fsp3) is 0.0556. The quantitative estimate of drug-likeness (QED) is 0.481. The lowest BCUT2D eigenvalue weighted by atomic mass is 10.0. The number of rotatable bonds is 3. The molecule has 2 bridgehead atoms. The van der Waals surface area contributed by atoms with Crippen molar-refractivity contribution in [1.29, 1.82) is 0 Å². The summed E-state index contributed by atoms with van der Waals surface area (Å²) in [5, 5.41) is 3.63. The number of benzene rings is 2. The van der Waals surface area contributed by atoms with Crippen molar-refractivity contribution in [3.05, 3.63) is 57.3 Å². The van der Waals surface area contributed by atoms with E-state index in [1.165, 1.54) is 0 Å². The highest BCUT2D eigenvalue weighted by molar-refractivity contribution is 6.42. The number of carbonyl (C=O) groups is 1. The van der Waals surface area contributed by atoms with Crippen LogP contribution in [0.4, 0.5) is 11.6 Å². The van der Waals surface area contributed by atoms with Crippen LogP contribution in [0.3, 0.4) is 0 Å². The monoisotopic (exact) mass is 384 g/mol. The summed E-state index contributed by atoms with van der Waals surface area (Å²) in [6.07, 6.45) is 4.02. The SMILES string of the molecule is Nc1ncc(-c2c(C(=O)Nc3ccc(Cl)c(Cl)c3)c3oc2c2c3C2)cn1. The van der Waals surface area contributed by atoms with Gasteiger partial charge < -0.3 is 15.5 Å². The van der Waals surface area contributed by atoms with Crippen molar-refractivity contribution in [2.75, 3.05) is 11.1 Å². The minimum Gasteiger partial charge on any atom is -0.455 e. The van der Waals surface area contributed by atoms with Crippen LogP contribution in [-0.2, 0) is 6.42 Å². The number of nitrogens with zero attached hydrogens (tertiary/aromatic N) is 2. The second-order valence-corrected chi connectivity index (χ2v) is 6.87. The molecule has 3 heterocycles. The third-order valence-electron chi connectivity index (χ3n) is 4.41. The molecular weight excluding hydrogens is 375 g/mol. The molecule has 1 aliphatic carbocycles. The molecule has 0 saturated heterocycles. The van der Waals surface area contributed by atoms with Crippen molar-refractivity contribution in [2.45, 2.75) is 6.42 Å². The molecule has 3 N–H and O–H groups in total. The van der Waals surface area contributed by atoms with Gasteiger partial charge in [0.2, 0.25) is 5.95 Å². The van der Waals surface area contributed by atoms with Crippen LogP contribution in [-0.4, -0.2) is 15.9 Å². The number of furan rings is 2. The number of carbonyl (C=O) groups excluding carboxylic acids is 1. The molecule has 0 radical (unpaired) electrons. The predicted octanol–water partition coefficient (Wildman–Crippen LogP) is 4.37. The van der Waals surface area contributed by atoms with Crippen molar-refractivity contribution in [3.8, 4) is 11.1 Å². The van der Waals surface area contributed by atoms with E-state index in [4.69, 9.17) is 33.4 Å². The molecule has 1 aliphatic rings. The van der Waals surface area contributed by atoms with Crippen molar-refractivity contribution >= 4 is 51.9 Å². The van der Waals surface area contributed by atoms with Gasteiger partial charge in [0, 0.05) is 46.8 Å². The maximum atomic E-state index is 13.0. The topological polar surface area (TPSA) is 94.0 Å². The molecule has 128 valence electrons. The summed E-state index contributed by atoms with van der Waals surface area (Å²) in [4.78, 5) is 21.0. The first kappa shape index (κ1) is 15.4. The highest BCUT2D eigenvalue weighted by Crippen LogP contribution is 2.50. The third-order valence-corrected chi connectivity index (χ3v) is 5.15. The summed E-state index contributed by atoms with van der Waals surface area (Å²) in [5.41, 5.74) is 11.5. The second-order valence-electron chi connectivity index (χ2n) is 6.06. The minimum absolute atomic E-state index is 0.171. The van der Waals surface area contributed by atoms with E-state index in [0.29, 0.717) is 43.6 Å². The van der Waals surface area contributed by atoms with Gasteiger partial charge in [0.05, 0.1) is 15.6 Å². The summed E-state index contributed by atoms with van der Waals surface area (Å²) in [6, 6.07) is 4.91. The van der Waals surface area contributed by atoms with Crippen LogP contribution >= 0.6 is 23.2 Å². The van der Waals surface area contributed by atoms with E-state index in [9.17, 15) is 4.79 Å². The molecule has 8 heteroatoms. The average Bonchev–Trinajstić information content (AvgIpc) is 3.24. The van der Waals surface area contributed by atoms with Gasteiger partial charge in [0.25, 0.3) is 5.91 Å². The molecule has 0 unspecified atom stereocenters. The number of nitrogens with two attached hydrogens (primary N) is 1. The summed E-state index contributed by atoms with van der Waals surface area (Å²) in [5.74, 6) is -0.122. The second kappa shape index (κ2) is 5.33. The molecule has 0 fully saturated rings. The van der Waals surface area contributed by atoms with Crippen LogP contribution in [0.1, 0.15) is 21.5 Å². The molecule has 0 saturated carbocycles. The van der Waals surface area contributed by atoms with E-state index < -0.39 is 0 Å². The Hall–Kier alpha value is -2.83. The minimum atomic E-state index is -0.293. The van der Waals surface area contributed by atoms with E-state index in [-0.39, 0.29) is 11.9 Å². The number of anilines is 2. The average molecular weight is 385 g/mol. The van der Waals surface area contributed by atoms with Crippen molar-refractivity contribution < 1.29 is 9.21 Å². The highest BCUT2D eigenvalue weighted by atomic mass is 35.5. The fourth-order valence-corrected chi connectivity index (χ4v) is 3.45. The molecule has 1 amide bonds. The number of nitrogen functional groups attached to an aromatic ring is 1. The van der Waals surface area contributed by atoms with Crippen molar-refractivity contribution in [2.24, 2.45) is 0 Å². The maximum Gasteiger partial charge on any atom is 0.260 e. The highest BCUT2D eigenvalue weighted by Gasteiger charge is 2.38. The van der Waals surface area contributed by atoms with E-state index in [0.717, 1.165) is 17.5 Å². The molecule has 0 aliphatic heterocycles. The van der Waals surface area contributed by atoms with E-state index in [1.807, 2.05) is 0 Å². The summed E-state index contributed by atoms with van der Waals surface area (Å²) < 4.78 is 5.84. The molecule has 3 aromatic heterocycles. The lowest BCUT2D eigenvalue weighted by Crippen LogP contribution is -2.13. The number of hydrogen-bond donors (Lipinski definition) is 2. The Morgan fingerprint density at radius 3 is 2.58 bits per heavy atom. The number of nitrogens with one attached hydrogen (secondary N) is 1. The number of hydrogen-bond acceptors (Lipinski definition) is 5. The summed E-state index contributed by atoms with van der Waals surface area (Å²) >= 11 is 11.9. The van der Waals surface area contributed by atoms with Crippen LogP contribution < -0.4 is 11.1 Å². The van der Waals surface area contributed by atoms with E-state index in [1.54, 1.807) is 30.6 Å². The normalized spacial score (nSPS) is 12.4. The first-order chi connectivity index (χ1) is 12.5. The van der Waals surface area contributed by atoms with E-state index in [2.05, 4.69) is 15.3 Å². The summed E-state index contributed by atoms with van der Waals surface area (Å²) in [7, 11) is 0. The standard InChI is InChI=1S/C18H10Cl2N4O2/c19-11-2-1-8(3-12(11)20)24-17(25)14-13(7-5-22-18(21)23-6-7)15-9-4-10(9)16(14)26-15/h1-3,5-6H,4H2,(H,24,25)(H2,21,22,23). The van der Waals surface area contributed by atoms with Gasteiger partial charge in [0.15, 0.2) is 0 Å². The zero-order valence-electron chi connectivity index (χ0n) is 13.1. The molecule has 26 heavy (non-hydrogen) atoms. The Morgan fingerprint density at radius 1 is 1.12 bits per heavy atom. The Kier molecular flexibility index (Phi) is 3.16. The van der Waals surface area contributed by atoms with Crippen molar-refractivity contribution in [1.82, 2.24) is 9.97 Å². The summed E-state index contributed by atoms with van der Waals surface area (Å²) in [6.45, 7) is 0. The van der Waals surface area contributed by atoms with Gasteiger partial charge in [-0.1, -0.05) is 23.2 Å². The van der Waals surface area contributed by atoms with Crippen LogP contribution in [0.2, 0.25) is 10.0 Å². The van der Waals surface area contributed by atoms with E-state index >= 15 is 0 Å². The lowest BCUT2D eigenvalue weighted by molar-refractivity contribution is 0.102. The maximum absolute atomic E-state index is 13.0. The van der Waals surface area contributed by atoms with Crippen LogP contribution in [0.15, 0.2) is 35.0 Å². The first-order valence-corrected chi connectivity index (χ1v) is 8.52.